The molecule has 2 aromatic heterocycles. The monoisotopic (exact) mass is 500 g/mol. The number of nitrogens with zero attached hydrogens (tertiary/aromatic N) is 2. The lowest BCUT2D eigenvalue weighted by molar-refractivity contribution is 1.17. The van der Waals surface area contributed by atoms with Gasteiger partial charge in [-0.2, -0.15) is 0 Å². The fraction of sp³-hybridized carbons (Fsp3) is 0.0270. The average Bonchev–Trinajstić information content (AvgIpc) is 3.50. The molecule has 0 bridgehead atoms. The fourth-order valence-electron chi connectivity index (χ4n) is 5.68. The van der Waals surface area contributed by atoms with Crippen LogP contribution in [0.15, 0.2) is 146 Å². The largest absolute Gasteiger partial charge is 0.307 e. The van der Waals surface area contributed by atoms with E-state index in [1.54, 1.807) is 0 Å². The maximum Gasteiger partial charge on any atom is 0.0803 e. The minimum absolute atomic E-state index is 1.15. The second-order valence-electron chi connectivity index (χ2n) is 9.80. The molecule has 0 atom stereocenters. The summed E-state index contributed by atoms with van der Waals surface area (Å²) in [6, 6.07) is 45.8. The van der Waals surface area contributed by atoms with Gasteiger partial charge in [0.15, 0.2) is 0 Å². The van der Waals surface area contributed by atoms with Crippen LogP contribution in [0.1, 0.15) is 12.5 Å². The van der Waals surface area contributed by atoms with Crippen molar-refractivity contribution in [1.29, 1.82) is 0 Å². The molecule has 7 rings (SSSR count). The summed E-state index contributed by atoms with van der Waals surface area (Å²) in [7, 11) is 0. The third-order valence-electron chi connectivity index (χ3n) is 7.43. The van der Waals surface area contributed by atoms with Crippen molar-refractivity contribution in [2.24, 2.45) is 0 Å². The van der Waals surface area contributed by atoms with E-state index in [2.05, 4.69) is 161 Å². The maximum absolute atomic E-state index is 2.44. The smallest absolute Gasteiger partial charge is 0.0803 e. The van der Waals surface area contributed by atoms with Gasteiger partial charge in [0.05, 0.1) is 22.1 Å². The van der Waals surface area contributed by atoms with Crippen molar-refractivity contribution < 1.29 is 0 Å². The van der Waals surface area contributed by atoms with Gasteiger partial charge in [-0.05, 0) is 60.0 Å². The SMILES string of the molecule is C/C=C\C=C/c1ccc2c(c1)n(-c1ccc(-c3ccccc3)cc1)c1c3ccccc3n(-c3ccccc3)c21. The molecule has 0 fully saturated rings. The lowest BCUT2D eigenvalue weighted by Crippen LogP contribution is -1.94. The summed E-state index contributed by atoms with van der Waals surface area (Å²) in [6.45, 7) is 2.04. The van der Waals surface area contributed by atoms with Gasteiger partial charge in [-0.3, -0.25) is 0 Å². The Morgan fingerprint density at radius 1 is 0.487 bits per heavy atom. The highest BCUT2D eigenvalue weighted by Gasteiger charge is 2.21. The lowest BCUT2D eigenvalue weighted by atomic mass is 10.1. The van der Waals surface area contributed by atoms with Crippen molar-refractivity contribution in [2.75, 3.05) is 0 Å². The Bertz CT molecular complexity index is 1980. The Labute approximate surface area is 228 Å². The van der Waals surface area contributed by atoms with Crippen LogP contribution < -0.4 is 0 Å². The second-order valence-corrected chi connectivity index (χ2v) is 9.80. The molecular weight excluding hydrogens is 472 g/mol. The zero-order chi connectivity index (χ0) is 26.2. The van der Waals surface area contributed by atoms with E-state index in [4.69, 9.17) is 0 Å². The molecular formula is C37H28N2. The van der Waals surface area contributed by atoms with Crippen LogP contribution in [0.3, 0.4) is 0 Å². The van der Waals surface area contributed by atoms with E-state index in [1.807, 2.05) is 6.92 Å². The molecule has 186 valence electrons. The van der Waals surface area contributed by atoms with E-state index in [0.717, 1.165) is 5.69 Å². The molecule has 0 saturated carbocycles. The molecule has 0 radical (unpaired) electrons. The zero-order valence-electron chi connectivity index (χ0n) is 21.8. The molecule has 0 unspecified atom stereocenters. The van der Waals surface area contributed by atoms with E-state index in [1.165, 1.54) is 55.2 Å². The first-order valence-corrected chi connectivity index (χ1v) is 13.4. The van der Waals surface area contributed by atoms with E-state index in [0.29, 0.717) is 0 Å². The van der Waals surface area contributed by atoms with Gasteiger partial charge in [0, 0.05) is 22.1 Å². The summed E-state index contributed by atoms with van der Waals surface area (Å²) in [6.07, 6.45) is 8.39. The molecule has 5 aromatic carbocycles. The molecule has 0 aliphatic rings. The van der Waals surface area contributed by atoms with E-state index in [9.17, 15) is 0 Å². The number of aromatic nitrogens is 2. The number of hydrogen-bond acceptors (Lipinski definition) is 0. The molecule has 39 heavy (non-hydrogen) atoms. The van der Waals surface area contributed by atoms with Crippen molar-refractivity contribution in [2.45, 2.75) is 6.92 Å². The first kappa shape index (κ1) is 23.1. The van der Waals surface area contributed by atoms with Crippen molar-refractivity contribution in [1.82, 2.24) is 9.13 Å². The fourth-order valence-corrected chi connectivity index (χ4v) is 5.68. The van der Waals surface area contributed by atoms with Gasteiger partial charge in [-0.15, -0.1) is 0 Å². The average molecular weight is 501 g/mol. The number of fused-ring (bicyclic) bond motifs is 5. The Hall–Kier alpha value is -5.08. The van der Waals surface area contributed by atoms with Crippen molar-refractivity contribution >= 4 is 38.9 Å². The van der Waals surface area contributed by atoms with Crippen LogP contribution in [-0.4, -0.2) is 9.13 Å². The van der Waals surface area contributed by atoms with Crippen LogP contribution in [0.4, 0.5) is 0 Å². The molecule has 0 N–H and O–H groups in total. The normalized spacial score (nSPS) is 12.0. The van der Waals surface area contributed by atoms with Crippen molar-refractivity contribution in [3.63, 3.8) is 0 Å². The third-order valence-corrected chi connectivity index (χ3v) is 7.43. The van der Waals surface area contributed by atoms with Gasteiger partial charge in [0.25, 0.3) is 0 Å². The van der Waals surface area contributed by atoms with Gasteiger partial charge >= 0.3 is 0 Å². The minimum atomic E-state index is 1.15. The van der Waals surface area contributed by atoms with Crippen LogP contribution >= 0.6 is 0 Å². The molecule has 7 aromatic rings. The highest BCUT2D eigenvalue weighted by atomic mass is 15.1. The van der Waals surface area contributed by atoms with Crippen LogP contribution in [0.2, 0.25) is 0 Å². The topological polar surface area (TPSA) is 9.86 Å². The van der Waals surface area contributed by atoms with Crippen molar-refractivity contribution in [3.8, 4) is 22.5 Å². The molecule has 2 heterocycles. The summed E-state index contributed by atoms with van der Waals surface area (Å²) < 4.78 is 4.85. The molecule has 0 aliphatic carbocycles. The number of benzene rings is 5. The van der Waals surface area contributed by atoms with Crippen LogP contribution in [0.25, 0.3) is 61.4 Å². The predicted octanol–water partition coefficient (Wildman–Crippen LogP) is 9.98. The highest BCUT2D eigenvalue weighted by molar-refractivity contribution is 6.20. The number of rotatable bonds is 5. The zero-order valence-corrected chi connectivity index (χ0v) is 21.8. The van der Waals surface area contributed by atoms with Gasteiger partial charge < -0.3 is 9.13 Å². The van der Waals surface area contributed by atoms with Crippen LogP contribution in [-0.2, 0) is 0 Å². The number of allylic oxidation sites excluding steroid dienone is 3. The Morgan fingerprint density at radius 3 is 1.82 bits per heavy atom. The Kier molecular flexibility index (Phi) is 5.71. The molecule has 0 spiro atoms. The Balaban J connectivity index is 1.56. The summed E-state index contributed by atoms with van der Waals surface area (Å²) >= 11 is 0. The standard InChI is InChI=1S/C37H28N2/c1-2-3-6-13-27-20-25-33-35(26-27)39(31-23-21-29(22-24-31)28-14-7-4-8-15-28)36-32-18-11-12-19-34(32)38(37(33)36)30-16-9-5-10-17-30/h2-26H,1H3/b3-2-,13-6-. The van der Waals surface area contributed by atoms with E-state index in [-0.39, 0.29) is 0 Å². The predicted molar refractivity (Wildman–Crippen MR) is 167 cm³/mol. The molecule has 2 heteroatoms. The van der Waals surface area contributed by atoms with E-state index < -0.39 is 0 Å². The van der Waals surface area contributed by atoms with Gasteiger partial charge in [-0.25, -0.2) is 0 Å². The maximum atomic E-state index is 2.44. The van der Waals surface area contributed by atoms with Crippen LogP contribution in [0.5, 0.6) is 0 Å². The summed E-state index contributed by atoms with van der Waals surface area (Å²) in [5, 5.41) is 2.48. The second kappa shape index (κ2) is 9.66. The van der Waals surface area contributed by atoms with Gasteiger partial charge in [0.1, 0.15) is 0 Å². The third kappa shape index (κ3) is 3.89. The summed E-state index contributed by atoms with van der Waals surface area (Å²) in [4.78, 5) is 0. The van der Waals surface area contributed by atoms with Crippen molar-refractivity contribution in [3.05, 3.63) is 151 Å². The lowest BCUT2D eigenvalue weighted by Gasteiger charge is -2.10. The summed E-state index contributed by atoms with van der Waals surface area (Å²) in [5.74, 6) is 0. The highest BCUT2D eigenvalue weighted by Crippen LogP contribution is 2.41. The number of para-hydroxylation sites is 2. The molecule has 2 nitrogen and oxygen atoms in total. The molecule has 0 aliphatic heterocycles. The van der Waals surface area contributed by atoms with Gasteiger partial charge in [-0.1, -0.05) is 115 Å². The first-order chi connectivity index (χ1) is 19.3. The molecule has 0 saturated heterocycles. The quantitative estimate of drug-likeness (QED) is 0.208. The first-order valence-electron chi connectivity index (χ1n) is 13.4. The molecule has 0 amide bonds. The van der Waals surface area contributed by atoms with Gasteiger partial charge in [0.2, 0.25) is 0 Å². The summed E-state index contributed by atoms with van der Waals surface area (Å²) in [5.41, 5.74) is 10.8. The Morgan fingerprint density at radius 2 is 1.08 bits per heavy atom. The van der Waals surface area contributed by atoms with E-state index >= 15 is 0 Å². The van der Waals surface area contributed by atoms with Crippen LogP contribution in [0, 0.1) is 0 Å². The number of hydrogen-bond donors (Lipinski definition) is 0. The minimum Gasteiger partial charge on any atom is -0.307 e.